The number of hydrogen-bond donors (Lipinski definition) is 1. The molecular formula is C19H26N2O2. The Labute approximate surface area is 137 Å². The molecule has 124 valence electrons. The van der Waals surface area contributed by atoms with Crippen molar-refractivity contribution in [3.8, 4) is 5.75 Å². The second-order valence-corrected chi connectivity index (χ2v) is 7.11. The number of fused-ring (bicyclic) bond motifs is 3. The standard InChI is InChI=1S/C19H26N2O2/c1-13(22)20-12-19(2,3)18-15-11-14(23-4)8-9-16(15)21-10-6-5-7-17(18)21/h8-9,11H,5-7,10,12H2,1-4H3,(H,20,22). The number of hydrogen-bond acceptors (Lipinski definition) is 2. The Morgan fingerprint density at radius 1 is 1.35 bits per heavy atom. The number of nitrogens with one attached hydrogen (secondary N) is 1. The number of benzene rings is 1. The van der Waals surface area contributed by atoms with E-state index in [0.717, 1.165) is 18.7 Å². The quantitative estimate of drug-likeness (QED) is 0.940. The summed E-state index contributed by atoms with van der Waals surface area (Å²) < 4.78 is 7.90. The van der Waals surface area contributed by atoms with Gasteiger partial charge in [0.2, 0.25) is 5.91 Å². The molecule has 0 bridgehead atoms. The fourth-order valence-electron chi connectivity index (χ4n) is 3.78. The monoisotopic (exact) mass is 314 g/mol. The zero-order valence-corrected chi connectivity index (χ0v) is 14.5. The molecule has 0 radical (unpaired) electrons. The van der Waals surface area contributed by atoms with Crippen LogP contribution in [0.25, 0.3) is 10.9 Å². The van der Waals surface area contributed by atoms with Gasteiger partial charge in [0, 0.05) is 42.0 Å². The van der Waals surface area contributed by atoms with Crippen LogP contribution in [0.4, 0.5) is 0 Å². The lowest BCUT2D eigenvalue weighted by Crippen LogP contribution is -2.36. The van der Waals surface area contributed by atoms with Gasteiger partial charge >= 0.3 is 0 Å². The van der Waals surface area contributed by atoms with E-state index >= 15 is 0 Å². The Hall–Kier alpha value is -1.97. The summed E-state index contributed by atoms with van der Waals surface area (Å²) in [5.74, 6) is 0.907. The molecule has 1 aromatic carbocycles. The lowest BCUT2D eigenvalue weighted by atomic mass is 9.81. The van der Waals surface area contributed by atoms with E-state index < -0.39 is 0 Å². The van der Waals surface area contributed by atoms with Crippen molar-refractivity contribution in [3.63, 3.8) is 0 Å². The van der Waals surface area contributed by atoms with E-state index in [1.807, 2.05) is 6.07 Å². The Bertz CT molecular complexity index is 743. The van der Waals surface area contributed by atoms with E-state index in [2.05, 4.69) is 35.9 Å². The highest BCUT2D eigenvalue weighted by molar-refractivity contribution is 5.88. The third kappa shape index (κ3) is 2.82. The molecule has 1 aliphatic heterocycles. The van der Waals surface area contributed by atoms with E-state index in [1.165, 1.54) is 35.0 Å². The largest absolute Gasteiger partial charge is 0.497 e. The normalized spacial score (nSPS) is 14.6. The third-order valence-corrected chi connectivity index (χ3v) is 4.88. The molecule has 2 heterocycles. The van der Waals surface area contributed by atoms with Crippen molar-refractivity contribution in [2.45, 2.75) is 52.0 Å². The van der Waals surface area contributed by atoms with Crippen LogP contribution in [0.1, 0.15) is 44.9 Å². The van der Waals surface area contributed by atoms with Crippen LogP contribution < -0.4 is 10.1 Å². The van der Waals surface area contributed by atoms with E-state index in [-0.39, 0.29) is 11.3 Å². The van der Waals surface area contributed by atoms with Crippen molar-refractivity contribution < 1.29 is 9.53 Å². The van der Waals surface area contributed by atoms with Crippen LogP contribution in [0, 0.1) is 0 Å². The van der Waals surface area contributed by atoms with Crippen LogP contribution in [0.2, 0.25) is 0 Å². The highest BCUT2D eigenvalue weighted by Gasteiger charge is 2.31. The topological polar surface area (TPSA) is 43.3 Å². The zero-order valence-electron chi connectivity index (χ0n) is 14.5. The minimum absolute atomic E-state index is 0.0213. The third-order valence-electron chi connectivity index (χ3n) is 4.88. The highest BCUT2D eigenvalue weighted by Crippen LogP contribution is 2.39. The number of aromatic nitrogens is 1. The molecule has 1 amide bonds. The SMILES string of the molecule is COc1ccc2c(c1)c(C(C)(C)CNC(C)=O)c1n2CCCC1. The summed E-state index contributed by atoms with van der Waals surface area (Å²) in [6.45, 7) is 7.73. The molecule has 4 heteroatoms. The predicted octanol–water partition coefficient (Wildman–Crippen LogP) is 3.40. The molecule has 1 N–H and O–H groups in total. The van der Waals surface area contributed by atoms with Gasteiger partial charge in [-0.1, -0.05) is 13.8 Å². The maximum Gasteiger partial charge on any atom is 0.216 e. The van der Waals surface area contributed by atoms with Crippen LogP contribution in [0.15, 0.2) is 18.2 Å². The molecule has 0 spiro atoms. The first-order chi connectivity index (χ1) is 10.9. The molecule has 0 atom stereocenters. The minimum atomic E-state index is -0.117. The van der Waals surface area contributed by atoms with Crippen molar-refractivity contribution in [3.05, 3.63) is 29.5 Å². The molecule has 0 unspecified atom stereocenters. The van der Waals surface area contributed by atoms with Crippen molar-refractivity contribution in [2.75, 3.05) is 13.7 Å². The van der Waals surface area contributed by atoms with Gasteiger partial charge in [0.05, 0.1) is 7.11 Å². The zero-order chi connectivity index (χ0) is 16.6. The smallest absolute Gasteiger partial charge is 0.216 e. The molecule has 0 fully saturated rings. The van der Waals surface area contributed by atoms with Gasteiger partial charge in [-0.15, -0.1) is 0 Å². The molecule has 23 heavy (non-hydrogen) atoms. The number of ether oxygens (including phenoxy) is 1. The second kappa shape index (κ2) is 5.91. The average molecular weight is 314 g/mol. The van der Waals surface area contributed by atoms with Gasteiger partial charge in [0.15, 0.2) is 0 Å². The lowest BCUT2D eigenvalue weighted by Gasteiger charge is -2.28. The number of carbonyl (C=O) groups excluding carboxylic acids is 1. The predicted molar refractivity (Wildman–Crippen MR) is 93.1 cm³/mol. The molecule has 1 aromatic heterocycles. The van der Waals surface area contributed by atoms with Crippen LogP contribution in [0.5, 0.6) is 5.75 Å². The number of amides is 1. The maximum absolute atomic E-state index is 11.4. The summed E-state index contributed by atoms with van der Waals surface area (Å²) in [6, 6.07) is 6.35. The molecule has 0 aliphatic carbocycles. The van der Waals surface area contributed by atoms with Crippen LogP contribution in [-0.4, -0.2) is 24.1 Å². The van der Waals surface area contributed by atoms with Gasteiger partial charge in [-0.3, -0.25) is 4.79 Å². The van der Waals surface area contributed by atoms with E-state index in [0.29, 0.717) is 6.54 Å². The number of rotatable bonds is 4. The molecule has 4 nitrogen and oxygen atoms in total. The van der Waals surface area contributed by atoms with Gasteiger partial charge < -0.3 is 14.6 Å². The molecule has 0 saturated carbocycles. The summed E-state index contributed by atoms with van der Waals surface area (Å²) in [6.07, 6.45) is 3.57. The Kier molecular flexibility index (Phi) is 4.09. The van der Waals surface area contributed by atoms with Crippen molar-refractivity contribution in [1.29, 1.82) is 0 Å². The highest BCUT2D eigenvalue weighted by atomic mass is 16.5. The summed E-state index contributed by atoms with van der Waals surface area (Å²) >= 11 is 0. The van der Waals surface area contributed by atoms with Crippen LogP contribution in [-0.2, 0) is 23.2 Å². The lowest BCUT2D eigenvalue weighted by molar-refractivity contribution is -0.119. The first-order valence-electron chi connectivity index (χ1n) is 8.38. The first kappa shape index (κ1) is 15.9. The summed E-state index contributed by atoms with van der Waals surface area (Å²) in [5, 5.41) is 4.26. The Balaban J connectivity index is 2.18. The summed E-state index contributed by atoms with van der Waals surface area (Å²) in [5.41, 5.74) is 3.95. The molecule has 1 aliphatic rings. The summed E-state index contributed by atoms with van der Waals surface area (Å²) in [7, 11) is 1.71. The Morgan fingerprint density at radius 2 is 2.13 bits per heavy atom. The van der Waals surface area contributed by atoms with Crippen molar-refractivity contribution >= 4 is 16.8 Å². The number of carbonyl (C=O) groups is 1. The molecule has 0 saturated heterocycles. The number of nitrogens with zero attached hydrogens (tertiary/aromatic N) is 1. The van der Waals surface area contributed by atoms with Crippen LogP contribution >= 0.6 is 0 Å². The van der Waals surface area contributed by atoms with Crippen molar-refractivity contribution in [2.24, 2.45) is 0 Å². The number of aryl methyl sites for hydroxylation is 1. The maximum atomic E-state index is 11.4. The van der Waals surface area contributed by atoms with Gasteiger partial charge in [-0.05, 0) is 43.0 Å². The second-order valence-electron chi connectivity index (χ2n) is 7.11. The van der Waals surface area contributed by atoms with Gasteiger partial charge in [-0.25, -0.2) is 0 Å². The Morgan fingerprint density at radius 3 is 2.83 bits per heavy atom. The average Bonchev–Trinajstić information content (AvgIpc) is 2.87. The molecular weight excluding hydrogens is 288 g/mol. The van der Waals surface area contributed by atoms with Gasteiger partial charge in [-0.2, -0.15) is 0 Å². The van der Waals surface area contributed by atoms with Crippen molar-refractivity contribution in [1.82, 2.24) is 9.88 Å². The minimum Gasteiger partial charge on any atom is -0.497 e. The first-order valence-corrected chi connectivity index (χ1v) is 8.38. The van der Waals surface area contributed by atoms with E-state index in [1.54, 1.807) is 14.0 Å². The fraction of sp³-hybridized carbons (Fsp3) is 0.526. The van der Waals surface area contributed by atoms with Gasteiger partial charge in [0.1, 0.15) is 5.75 Å². The number of methoxy groups -OCH3 is 1. The molecule has 2 aromatic rings. The molecule has 3 rings (SSSR count). The van der Waals surface area contributed by atoms with E-state index in [9.17, 15) is 4.79 Å². The fourth-order valence-corrected chi connectivity index (χ4v) is 3.78. The van der Waals surface area contributed by atoms with E-state index in [4.69, 9.17) is 4.74 Å². The van der Waals surface area contributed by atoms with Gasteiger partial charge in [0.25, 0.3) is 0 Å². The summed E-state index contributed by atoms with van der Waals surface area (Å²) in [4.78, 5) is 11.4. The van der Waals surface area contributed by atoms with Crippen LogP contribution in [0.3, 0.4) is 0 Å².